The Morgan fingerprint density at radius 2 is 1.33 bits per heavy atom. The number of fused-ring (bicyclic) bond motifs is 1. The fraction of sp³-hybridized carbons (Fsp3) is 0. The summed E-state index contributed by atoms with van der Waals surface area (Å²) in [6.07, 6.45) is 0. The summed E-state index contributed by atoms with van der Waals surface area (Å²) in [6.45, 7) is 0. The summed E-state index contributed by atoms with van der Waals surface area (Å²) < 4.78 is 0. The first-order valence-electron chi connectivity index (χ1n) is 5.15. The number of hydrogen-bond donors (Lipinski definition) is 0. The second-order valence-corrected chi connectivity index (χ2v) is 3.70. The molecule has 0 heterocycles. The van der Waals surface area contributed by atoms with Gasteiger partial charge in [0.2, 0.25) is 0 Å². The minimum absolute atomic E-state index is 0. The van der Waals surface area contributed by atoms with Gasteiger partial charge in [-0.1, -0.05) is 42.0 Å². The smallest absolute Gasteiger partial charge is 1.00 e. The van der Waals surface area contributed by atoms with Crippen LogP contribution in [0.1, 0.15) is 0 Å². The average molecular weight is 310 g/mol. The molecule has 0 saturated heterocycles. The Morgan fingerprint density at radius 3 is 2.06 bits per heavy atom. The van der Waals surface area contributed by atoms with Crippen LogP contribution in [0.5, 0.6) is 0 Å². The molecule has 0 atom stereocenters. The van der Waals surface area contributed by atoms with Gasteiger partial charge >= 0.3 is 21.7 Å². The molecule has 3 aromatic rings. The zero-order chi connectivity index (χ0) is 10.1. The summed E-state index contributed by atoms with van der Waals surface area (Å²) >= 11 is 0. The van der Waals surface area contributed by atoms with E-state index in [0.29, 0.717) is 0 Å². The first-order valence-corrected chi connectivity index (χ1v) is 5.15. The van der Waals surface area contributed by atoms with Crippen molar-refractivity contribution in [2.24, 2.45) is 0 Å². The van der Waals surface area contributed by atoms with Gasteiger partial charge in [-0.25, -0.2) is 0 Å². The molecule has 0 bridgehead atoms. The molecule has 3 rings (SSSR count). The third-order valence-electron chi connectivity index (χ3n) is 2.77. The molecular weight excluding hydrogens is 299 g/mol. The van der Waals surface area contributed by atoms with Gasteiger partial charge in [0.1, 0.15) is 0 Å². The van der Waals surface area contributed by atoms with Crippen molar-refractivity contribution in [1.29, 1.82) is 0 Å². The molecule has 18 heavy (non-hydrogen) atoms. The summed E-state index contributed by atoms with van der Waals surface area (Å²) in [6, 6.07) is 23.4. The third-order valence-corrected chi connectivity index (χ3v) is 2.77. The number of halogens is 2. The Kier molecular flexibility index (Phi) is 7.43. The normalized spacial score (nSPS) is 8.89. The molecule has 0 nitrogen and oxygen atoms in total. The van der Waals surface area contributed by atoms with Crippen molar-refractivity contribution in [3.63, 3.8) is 0 Å². The second-order valence-electron chi connectivity index (χ2n) is 3.70. The van der Waals surface area contributed by atoms with Crippen LogP contribution in [0, 0.1) is 0 Å². The Balaban J connectivity index is 0.000000963. The molecule has 1 radical (unpaired) electrons. The van der Waals surface area contributed by atoms with Crippen molar-refractivity contribution < 1.29 is 46.5 Å². The van der Waals surface area contributed by atoms with Crippen LogP contribution in [0.2, 0.25) is 0 Å². The summed E-state index contributed by atoms with van der Waals surface area (Å²) in [5.74, 6) is 0. The number of hydrogen-bond acceptors (Lipinski definition) is 0. The minimum Gasteiger partial charge on any atom is -1.00 e. The molecule has 0 spiro atoms. The Hall–Kier alpha value is -0.656. The van der Waals surface area contributed by atoms with Crippen molar-refractivity contribution in [3.8, 4) is 11.1 Å². The van der Waals surface area contributed by atoms with Gasteiger partial charge in [0.25, 0.3) is 0 Å². The van der Waals surface area contributed by atoms with E-state index in [2.05, 4.69) is 66.7 Å². The quantitative estimate of drug-likeness (QED) is 0.369. The fourth-order valence-electron chi connectivity index (χ4n) is 2.02. The topological polar surface area (TPSA) is 0 Å². The van der Waals surface area contributed by atoms with E-state index < -0.39 is 0 Å². The zero-order valence-electron chi connectivity index (χ0n) is 9.61. The van der Waals surface area contributed by atoms with Crippen LogP contribution < -0.4 is 24.8 Å². The summed E-state index contributed by atoms with van der Waals surface area (Å²) in [7, 11) is 0. The van der Waals surface area contributed by atoms with Crippen LogP contribution in [0.15, 0.2) is 66.7 Å². The standard InChI is InChI=1S/C15H11.2ClH.Ti/c1-2-6-12(7-3-1)15-11-10-13-8-4-5-9-14(13)15;;;/h1-11H;2*1H;/q-1;;;+3/p-2. The molecule has 0 fully saturated rings. The Bertz CT molecular complexity index is 588. The number of rotatable bonds is 1. The molecule has 0 unspecified atom stereocenters. The Labute approximate surface area is 134 Å². The van der Waals surface area contributed by atoms with Crippen LogP contribution in [0.4, 0.5) is 0 Å². The summed E-state index contributed by atoms with van der Waals surface area (Å²) in [5.41, 5.74) is 2.62. The van der Waals surface area contributed by atoms with E-state index >= 15 is 0 Å². The van der Waals surface area contributed by atoms with Crippen molar-refractivity contribution in [3.05, 3.63) is 66.7 Å². The van der Waals surface area contributed by atoms with Gasteiger partial charge in [0, 0.05) is 0 Å². The molecule has 3 aromatic carbocycles. The van der Waals surface area contributed by atoms with Crippen molar-refractivity contribution >= 4 is 10.8 Å². The van der Waals surface area contributed by atoms with Crippen molar-refractivity contribution in [2.45, 2.75) is 0 Å². The van der Waals surface area contributed by atoms with Crippen LogP contribution in [0.3, 0.4) is 0 Å². The predicted octanol–water partition coefficient (Wildman–Crippen LogP) is -1.77. The fourth-order valence-corrected chi connectivity index (χ4v) is 2.02. The van der Waals surface area contributed by atoms with Gasteiger partial charge in [0.05, 0.1) is 0 Å². The second kappa shape index (κ2) is 7.71. The van der Waals surface area contributed by atoms with E-state index in [4.69, 9.17) is 0 Å². The maximum absolute atomic E-state index is 2.19. The van der Waals surface area contributed by atoms with Crippen LogP contribution in [-0.4, -0.2) is 0 Å². The van der Waals surface area contributed by atoms with E-state index in [1.54, 1.807) is 0 Å². The molecule has 0 saturated carbocycles. The van der Waals surface area contributed by atoms with E-state index in [-0.39, 0.29) is 46.5 Å². The molecule has 0 aromatic heterocycles. The SMILES string of the molecule is [Cl-].[Cl-].[Ti+3].c1ccc(-c2c[cH-]c3ccccc23)cc1. The van der Waals surface area contributed by atoms with Gasteiger partial charge in [-0.3, -0.25) is 0 Å². The molecule has 0 aliphatic carbocycles. The maximum Gasteiger partial charge on any atom is 3.00 e. The predicted molar refractivity (Wildman–Crippen MR) is 65.0 cm³/mol. The van der Waals surface area contributed by atoms with Gasteiger partial charge in [-0.15, -0.1) is 46.7 Å². The van der Waals surface area contributed by atoms with Crippen LogP contribution in [-0.2, 0) is 21.7 Å². The van der Waals surface area contributed by atoms with E-state index in [0.717, 1.165) is 0 Å². The average Bonchev–Trinajstić information content (AvgIpc) is 2.74. The first-order chi connectivity index (χ1) is 7.45. The summed E-state index contributed by atoms with van der Waals surface area (Å²) in [4.78, 5) is 0. The molecule has 0 aliphatic heterocycles. The van der Waals surface area contributed by atoms with Crippen molar-refractivity contribution in [2.75, 3.05) is 0 Å². The monoisotopic (exact) mass is 309 g/mol. The van der Waals surface area contributed by atoms with Gasteiger partial charge < -0.3 is 24.8 Å². The molecule has 89 valence electrons. The summed E-state index contributed by atoms with van der Waals surface area (Å²) in [5, 5.41) is 2.65. The van der Waals surface area contributed by atoms with E-state index in [9.17, 15) is 0 Å². The first kappa shape index (κ1) is 17.3. The molecule has 0 amide bonds. The Morgan fingerprint density at radius 1 is 0.722 bits per heavy atom. The van der Waals surface area contributed by atoms with E-state index in [1.165, 1.54) is 21.9 Å². The van der Waals surface area contributed by atoms with Crippen molar-refractivity contribution in [1.82, 2.24) is 0 Å². The largest absolute Gasteiger partial charge is 3.00 e. The zero-order valence-corrected chi connectivity index (χ0v) is 12.7. The van der Waals surface area contributed by atoms with Crippen LogP contribution in [0.25, 0.3) is 21.9 Å². The molecule has 3 heteroatoms. The third kappa shape index (κ3) is 3.21. The molecule has 0 aliphatic rings. The van der Waals surface area contributed by atoms with Gasteiger partial charge in [-0.2, -0.15) is 0 Å². The molecular formula is C15H11Cl2Ti. The number of benzene rings is 2. The molecule has 0 N–H and O–H groups in total. The van der Waals surface area contributed by atoms with Crippen LogP contribution >= 0.6 is 0 Å². The van der Waals surface area contributed by atoms with Gasteiger partial charge in [-0.05, 0) is 0 Å². The minimum atomic E-state index is 0. The van der Waals surface area contributed by atoms with Gasteiger partial charge in [0.15, 0.2) is 0 Å². The maximum atomic E-state index is 2.19. The van der Waals surface area contributed by atoms with E-state index in [1.807, 2.05) is 0 Å².